The molecule has 0 spiro atoms. The summed E-state index contributed by atoms with van der Waals surface area (Å²) in [5.41, 5.74) is 8.66. The van der Waals surface area contributed by atoms with Gasteiger partial charge in [-0.3, -0.25) is 4.79 Å². The quantitative estimate of drug-likeness (QED) is 0.820. The van der Waals surface area contributed by atoms with Crippen molar-refractivity contribution < 1.29 is 9.53 Å². The number of carbonyl (C=O) groups excluding carboxylic acids is 1. The van der Waals surface area contributed by atoms with E-state index in [1.165, 1.54) is 0 Å². The Morgan fingerprint density at radius 1 is 1.23 bits per heavy atom. The van der Waals surface area contributed by atoms with Gasteiger partial charge in [-0.25, -0.2) is 0 Å². The lowest BCUT2D eigenvalue weighted by molar-refractivity contribution is 0.102. The number of benzene rings is 2. The average molecular weight is 298 g/mol. The minimum absolute atomic E-state index is 0.162. The van der Waals surface area contributed by atoms with Crippen LogP contribution >= 0.6 is 0 Å². The Kier molecular flexibility index (Phi) is 5.04. The number of nitrogen functional groups attached to an aromatic ring is 1. The lowest BCUT2D eigenvalue weighted by atomic mass is 10.1. The van der Waals surface area contributed by atoms with Crippen LogP contribution in [0.5, 0.6) is 5.75 Å². The molecule has 0 fully saturated rings. The fraction of sp³-hybridized carbons (Fsp3) is 0.278. The molecule has 0 aliphatic rings. The summed E-state index contributed by atoms with van der Waals surface area (Å²) in [6.07, 6.45) is 1.10. The number of hydrogen-bond acceptors (Lipinski definition) is 3. The van der Waals surface area contributed by atoms with Gasteiger partial charge in [-0.05, 0) is 62.2 Å². The Balaban J connectivity index is 2.08. The summed E-state index contributed by atoms with van der Waals surface area (Å²) in [5.74, 6) is 0.606. The smallest absolute Gasteiger partial charge is 0.255 e. The molecule has 0 saturated carbocycles. The molecule has 0 bridgehead atoms. The third kappa shape index (κ3) is 4.01. The predicted molar refractivity (Wildman–Crippen MR) is 90.4 cm³/mol. The van der Waals surface area contributed by atoms with E-state index in [4.69, 9.17) is 10.5 Å². The first-order chi connectivity index (χ1) is 10.5. The molecule has 1 amide bonds. The van der Waals surface area contributed by atoms with E-state index in [0.717, 1.165) is 23.4 Å². The number of nitrogens with one attached hydrogen (secondary N) is 1. The van der Waals surface area contributed by atoms with Crippen LogP contribution in [0.2, 0.25) is 0 Å². The standard InChI is InChI=1S/C18H22N2O2/c1-4-13(3)22-16-9-6-14(7-10-16)18(21)20-17-11-15(19)8-5-12(17)2/h5-11,13H,4,19H2,1-3H3,(H,20,21)/t13-/m1/s1. The van der Waals surface area contributed by atoms with E-state index >= 15 is 0 Å². The number of anilines is 2. The zero-order valence-electron chi connectivity index (χ0n) is 13.2. The largest absolute Gasteiger partial charge is 0.491 e. The van der Waals surface area contributed by atoms with Crippen LogP contribution in [0.4, 0.5) is 11.4 Å². The molecule has 0 radical (unpaired) electrons. The molecular weight excluding hydrogens is 276 g/mol. The number of rotatable bonds is 5. The molecule has 0 heterocycles. The molecule has 2 rings (SSSR count). The second-order valence-corrected chi connectivity index (χ2v) is 5.39. The molecule has 1 atom stereocenters. The molecule has 0 aliphatic heterocycles. The van der Waals surface area contributed by atoms with Crippen molar-refractivity contribution in [2.24, 2.45) is 0 Å². The predicted octanol–water partition coefficient (Wildman–Crippen LogP) is 4.01. The first kappa shape index (κ1) is 15.9. The first-order valence-electron chi connectivity index (χ1n) is 7.43. The number of carbonyl (C=O) groups is 1. The van der Waals surface area contributed by atoms with Crippen LogP contribution in [0.15, 0.2) is 42.5 Å². The van der Waals surface area contributed by atoms with Crippen LogP contribution in [0, 0.1) is 6.92 Å². The SMILES string of the molecule is CC[C@@H](C)Oc1ccc(C(=O)Nc2cc(N)ccc2C)cc1. The maximum Gasteiger partial charge on any atom is 0.255 e. The first-order valence-corrected chi connectivity index (χ1v) is 7.43. The topological polar surface area (TPSA) is 64.3 Å². The summed E-state index contributed by atoms with van der Waals surface area (Å²) in [4.78, 5) is 12.3. The highest BCUT2D eigenvalue weighted by atomic mass is 16.5. The summed E-state index contributed by atoms with van der Waals surface area (Å²) in [5, 5.41) is 2.88. The zero-order valence-corrected chi connectivity index (χ0v) is 13.2. The van der Waals surface area contributed by atoms with E-state index in [1.807, 2.05) is 38.1 Å². The van der Waals surface area contributed by atoms with Gasteiger partial charge in [0.1, 0.15) is 5.75 Å². The number of hydrogen-bond donors (Lipinski definition) is 2. The second kappa shape index (κ2) is 6.98. The Morgan fingerprint density at radius 3 is 2.55 bits per heavy atom. The maximum atomic E-state index is 12.3. The highest BCUT2D eigenvalue weighted by Crippen LogP contribution is 2.20. The number of aryl methyl sites for hydroxylation is 1. The summed E-state index contributed by atoms with van der Waals surface area (Å²) >= 11 is 0. The van der Waals surface area contributed by atoms with Crippen LogP contribution in [0.25, 0.3) is 0 Å². The van der Waals surface area contributed by atoms with Gasteiger partial charge in [-0.15, -0.1) is 0 Å². The van der Waals surface area contributed by atoms with E-state index in [-0.39, 0.29) is 12.0 Å². The van der Waals surface area contributed by atoms with Crippen molar-refractivity contribution in [1.82, 2.24) is 0 Å². The van der Waals surface area contributed by atoms with Gasteiger partial charge in [0.05, 0.1) is 6.10 Å². The Labute approximate surface area is 131 Å². The van der Waals surface area contributed by atoms with E-state index in [9.17, 15) is 4.79 Å². The highest BCUT2D eigenvalue weighted by molar-refractivity contribution is 6.04. The summed E-state index contributed by atoms with van der Waals surface area (Å²) in [6, 6.07) is 12.6. The normalized spacial score (nSPS) is 11.8. The van der Waals surface area contributed by atoms with Gasteiger partial charge in [0, 0.05) is 16.9 Å². The lowest BCUT2D eigenvalue weighted by Gasteiger charge is -2.13. The molecule has 4 nitrogen and oxygen atoms in total. The van der Waals surface area contributed by atoms with Gasteiger partial charge < -0.3 is 15.8 Å². The molecule has 3 N–H and O–H groups in total. The Bertz CT molecular complexity index is 651. The van der Waals surface area contributed by atoms with E-state index in [1.54, 1.807) is 18.2 Å². The van der Waals surface area contributed by atoms with Gasteiger partial charge in [-0.2, -0.15) is 0 Å². The molecule has 116 valence electrons. The van der Waals surface area contributed by atoms with E-state index < -0.39 is 0 Å². The monoisotopic (exact) mass is 298 g/mol. The van der Waals surface area contributed by atoms with Crippen molar-refractivity contribution in [2.45, 2.75) is 33.3 Å². The van der Waals surface area contributed by atoms with Gasteiger partial charge in [0.15, 0.2) is 0 Å². The fourth-order valence-corrected chi connectivity index (χ4v) is 1.97. The van der Waals surface area contributed by atoms with Crippen LogP contribution in [0.1, 0.15) is 36.2 Å². The van der Waals surface area contributed by atoms with E-state index in [2.05, 4.69) is 12.2 Å². The van der Waals surface area contributed by atoms with Crippen molar-refractivity contribution in [1.29, 1.82) is 0 Å². The summed E-state index contributed by atoms with van der Waals surface area (Å²) < 4.78 is 5.70. The lowest BCUT2D eigenvalue weighted by Crippen LogP contribution is -2.13. The minimum Gasteiger partial charge on any atom is -0.491 e. The number of nitrogens with two attached hydrogens (primary N) is 1. The van der Waals surface area contributed by atoms with Crippen molar-refractivity contribution in [3.63, 3.8) is 0 Å². The van der Waals surface area contributed by atoms with Gasteiger partial charge >= 0.3 is 0 Å². The fourth-order valence-electron chi connectivity index (χ4n) is 1.97. The van der Waals surface area contributed by atoms with Crippen LogP contribution in [-0.2, 0) is 0 Å². The van der Waals surface area contributed by atoms with Crippen molar-refractivity contribution in [3.8, 4) is 5.75 Å². The van der Waals surface area contributed by atoms with Crippen molar-refractivity contribution in [3.05, 3.63) is 53.6 Å². The number of ether oxygens (including phenoxy) is 1. The Hall–Kier alpha value is -2.49. The molecule has 0 unspecified atom stereocenters. The third-order valence-electron chi connectivity index (χ3n) is 3.54. The summed E-state index contributed by atoms with van der Waals surface area (Å²) in [6.45, 7) is 6.02. The second-order valence-electron chi connectivity index (χ2n) is 5.39. The number of amides is 1. The molecule has 22 heavy (non-hydrogen) atoms. The molecule has 0 aromatic heterocycles. The van der Waals surface area contributed by atoms with Crippen LogP contribution in [-0.4, -0.2) is 12.0 Å². The average Bonchev–Trinajstić information content (AvgIpc) is 2.51. The molecular formula is C18H22N2O2. The maximum absolute atomic E-state index is 12.3. The molecule has 0 saturated heterocycles. The molecule has 2 aromatic rings. The van der Waals surface area contributed by atoms with Gasteiger partial charge in [0.2, 0.25) is 0 Å². The third-order valence-corrected chi connectivity index (χ3v) is 3.54. The van der Waals surface area contributed by atoms with Crippen molar-refractivity contribution in [2.75, 3.05) is 11.1 Å². The van der Waals surface area contributed by atoms with Gasteiger partial charge in [0.25, 0.3) is 5.91 Å². The molecule has 0 aliphatic carbocycles. The van der Waals surface area contributed by atoms with E-state index in [0.29, 0.717) is 11.3 Å². The van der Waals surface area contributed by atoms with Crippen LogP contribution < -0.4 is 15.8 Å². The van der Waals surface area contributed by atoms with Crippen molar-refractivity contribution >= 4 is 17.3 Å². The summed E-state index contributed by atoms with van der Waals surface area (Å²) in [7, 11) is 0. The zero-order chi connectivity index (χ0) is 16.1. The minimum atomic E-state index is -0.163. The Morgan fingerprint density at radius 2 is 1.91 bits per heavy atom. The van der Waals surface area contributed by atoms with Gasteiger partial charge in [-0.1, -0.05) is 13.0 Å². The molecule has 4 heteroatoms. The van der Waals surface area contributed by atoms with Crippen LogP contribution in [0.3, 0.4) is 0 Å². The highest BCUT2D eigenvalue weighted by Gasteiger charge is 2.09. The molecule has 2 aromatic carbocycles.